The number of hydrogen-bond donors (Lipinski definition) is 2. The average Bonchev–Trinajstić information content (AvgIpc) is 3.86. The van der Waals surface area contributed by atoms with Crippen molar-refractivity contribution in [2.45, 2.75) is 39.7 Å². The second-order valence-corrected chi connectivity index (χ2v) is 12.9. The summed E-state index contributed by atoms with van der Waals surface area (Å²) in [7, 11) is 3.25. The minimum absolute atomic E-state index is 0.0176. The van der Waals surface area contributed by atoms with Crippen molar-refractivity contribution in [1.82, 2.24) is 29.3 Å². The van der Waals surface area contributed by atoms with Crippen LogP contribution in [0.2, 0.25) is 0 Å². The first-order valence-corrected chi connectivity index (χ1v) is 17.2. The number of ether oxygens (including phenoxy) is 3. The first-order valence-electron chi connectivity index (χ1n) is 16.4. The van der Waals surface area contributed by atoms with Crippen LogP contribution in [0.4, 0.5) is 0 Å². The molecule has 2 amide bonds. The molecule has 2 N–H and O–H groups in total. The van der Waals surface area contributed by atoms with Gasteiger partial charge in [0.1, 0.15) is 22.1 Å². The van der Waals surface area contributed by atoms with Crippen molar-refractivity contribution in [1.29, 1.82) is 0 Å². The number of carboxylic acid groups (broad SMARTS) is 1. The third kappa shape index (κ3) is 8.25. The molecule has 2 aromatic carbocycles. The number of thiazole rings is 1. The van der Waals surface area contributed by atoms with Gasteiger partial charge in [-0.1, -0.05) is 6.07 Å². The van der Waals surface area contributed by atoms with Crippen molar-refractivity contribution in [2.75, 3.05) is 47.0 Å². The molecule has 50 heavy (non-hydrogen) atoms. The van der Waals surface area contributed by atoms with E-state index in [1.807, 2.05) is 72.3 Å². The van der Waals surface area contributed by atoms with Crippen molar-refractivity contribution in [3.8, 4) is 28.6 Å². The third-order valence-corrected chi connectivity index (χ3v) is 9.49. The molecule has 0 spiro atoms. The van der Waals surface area contributed by atoms with Crippen molar-refractivity contribution < 1.29 is 33.7 Å². The molecule has 0 fully saturated rings. The van der Waals surface area contributed by atoms with E-state index in [1.54, 1.807) is 20.4 Å². The molecule has 0 aliphatic carbocycles. The van der Waals surface area contributed by atoms with Gasteiger partial charge in [-0.05, 0) is 69.5 Å². The summed E-state index contributed by atoms with van der Waals surface area (Å²) in [6.07, 6.45) is 5.80. The van der Waals surface area contributed by atoms with Crippen LogP contribution in [0.25, 0.3) is 22.3 Å². The highest BCUT2D eigenvalue weighted by Gasteiger charge is 2.23. The van der Waals surface area contributed by atoms with E-state index in [9.17, 15) is 9.59 Å². The Labute approximate surface area is 294 Å². The lowest BCUT2D eigenvalue weighted by Gasteiger charge is -2.25. The molecule has 264 valence electrons. The fraction of sp³-hybridized carbons (Fsp3) is 0.361. The van der Waals surface area contributed by atoms with Crippen LogP contribution in [0.15, 0.2) is 54.9 Å². The summed E-state index contributed by atoms with van der Waals surface area (Å²) in [5.41, 5.74) is 2.98. The van der Waals surface area contributed by atoms with Crippen LogP contribution in [0.1, 0.15) is 50.1 Å². The number of fused-ring (bicyclic) bond motifs is 5. The number of H-pyrrole nitrogens is 1. The summed E-state index contributed by atoms with van der Waals surface area (Å²) in [5, 5.41) is 8.62. The van der Waals surface area contributed by atoms with Crippen molar-refractivity contribution >= 4 is 40.5 Å². The molecule has 14 heteroatoms. The van der Waals surface area contributed by atoms with Gasteiger partial charge in [0.2, 0.25) is 0 Å². The molecule has 0 saturated carbocycles. The Morgan fingerprint density at radius 1 is 0.940 bits per heavy atom. The van der Waals surface area contributed by atoms with E-state index in [-0.39, 0.29) is 18.3 Å². The van der Waals surface area contributed by atoms with E-state index in [2.05, 4.69) is 19.5 Å². The average molecular weight is 703 g/mol. The zero-order valence-corrected chi connectivity index (χ0v) is 29.5. The van der Waals surface area contributed by atoms with E-state index in [0.717, 1.165) is 45.8 Å². The molecule has 0 unspecified atom stereocenters. The Kier molecular flexibility index (Phi) is 12.1. The number of benzene rings is 2. The van der Waals surface area contributed by atoms with Crippen molar-refractivity contribution in [2.24, 2.45) is 0 Å². The maximum atomic E-state index is 14.0. The van der Waals surface area contributed by atoms with Gasteiger partial charge in [0.05, 0.1) is 31.5 Å². The largest absolute Gasteiger partial charge is 0.496 e. The number of carbonyl (C=O) groups is 3. The zero-order chi connectivity index (χ0) is 35.6. The quantitative estimate of drug-likeness (QED) is 0.226. The number of rotatable bonds is 4. The van der Waals surface area contributed by atoms with Gasteiger partial charge in [0.15, 0.2) is 11.5 Å². The minimum Gasteiger partial charge on any atom is -0.496 e. The predicted molar refractivity (Wildman–Crippen MR) is 190 cm³/mol. The second-order valence-electron chi connectivity index (χ2n) is 11.7. The highest BCUT2D eigenvalue weighted by Crippen LogP contribution is 2.33. The second kappa shape index (κ2) is 16.8. The van der Waals surface area contributed by atoms with Gasteiger partial charge in [0, 0.05) is 61.6 Å². The molecule has 5 aromatic rings. The lowest BCUT2D eigenvalue weighted by Crippen LogP contribution is -2.36. The smallest absolute Gasteiger partial charge is 0.290 e. The first-order chi connectivity index (χ1) is 24.3. The summed E-state index contributed by atoms with van der Waals surface area (Å²) in [6, 6.07) is 13.4. The molecular formula is C36H42N6O7S. The lowest BCUT2D eigenvalue weighted by atomic mass is 10.2. The van der Waals surface area contributed by atoms with E-state index in [4.69, 9.17) is 24.1 Å². The van der Waals surface area contributed by atoms with Gasteiger partial charge in [-0.15, -0.1) is 11.3 Å². The Hall–Kier alpha value is -5.37. The molecule has 3 aromatic heterocycles. The maximum absolute atomic E-state index is 14.0. The number of amides is 2. The Bertz CT molecular complexity index is 1930. The fourth-order valence-electron chi connectivity index (χ4n) is 6.04. The van der Waals surface area contributed by atoms with Gasteiger partial charge in [0.25, 0.3) is 18.3 Å². The third-order valence-electron chi connectivity index (χ3n) is 8.43. The molecule has 1 aliphatic heterocycles. The number of nitrogens with zero attached hydrogens (tertiary/aromatic N) is 5. The van der Waals surface area contributed by atoms with Gasteiger partial charge < -0.3 is 38.7 Å². The number of imidazole rings is 1. The van der Waals surface area contributed by atoms with E-state index < -0.39 is 0 Å². The van der Waals surface area contributed by atoms with Gasteiger partial charge in [-0.3, -0.25) is 14.4 Å². The SMILES string of the molecule is COc1ccc2cc1OCCCN(C(=O)c1sc(C)nc1C)CCCCN(C(=O)c1cc3c(OC)cccc3[nH]1)CCn1ccnc1-2.O=CO. The van der Waals surface area contributed by atoms with Gasteiger partial charge in [-0.25, -0.2) is 9.97 Å². The fourth-order valence-corrected chi connectivity index (χ4v) is 6.93. The van der Waals surface area contributed by atoms with E-state index >= 15 is 0 Å². The Balaban J connectivity index is 0.00000156. The summed E-state index contributed by atoms with van der Waals surface area (Å²) in [5.74, 6) is 2.62. The summed E-state index contributed by atoms with van der Waals surface area (Å²) in [6.45, 7) is 6.60. The van der Waals surface area contributed by atoms with Crippen LogP contribution in [0.3, 0.4) is 0 Å². The van der Waals surface area contributed by atoms with Crippen LogP contribution in [-0.2, 0) is 11.3 Å². The van der Waals surface area contributed by atoms with Gasteiger partial charge in [-0.2, -0.15) is 0 Å². The molecule has 1 aliphatic rings. The normalized spacial score (nSPS) is 14.1. The van der Waals surface area contributed by atoms with Crippen LogP contribution >= 0.6 is 11.3 Å². The first kappa shape index (κ1) is 35.9. The number of hydrogen-bond acceptors (Lipinski definition) is 9. The van der Waals surface area contributed by atoms with Gasteiger partial charge >= 0.3 is 0 Å². The number of carbonyl (C=O) groups excluding carboxylic acids is 2. The molecule has 0 radical (unpaired) electrons. The Morgan fingerprint density at radius 2 is 1.66 bits per heavy atom. The molecule has 2 bridgehead atoms. The molecule has 6 rings (SSSR count). The molecular weight excluding hydrogens is 660 g/mol. The Morgan fingerprint density at radius 3 is 2.36 bits per heavy atom. The maximum Gasteiger partial charge on any atom is 0.290 e. The number of nitrogens with one attached hydrogen (secondary N) is 1. The van der Waals surface area contributed by atoms with Crippen LogP contribution in [0.5, 0.6) is 17.2 Å². The number of aromatic amines is 1. The molecule has 0 saturated heterocycles. The highest BCUT2D eigenvalue weighted by atomic mass is 32.1. The predicted octanol–water partition coefficient (Wildman–Crippen LogP) is 5.67. The van der Waals surface area contributed by atoms with E-state index in [0.29, 0.717) is 73.6 Å². The van der Waals surface area contributed by atoms with Crippen molar-refractivity contribution in [3.63, 3.8) is 0 Å². The van der Waals surface area contributed by atoms with Crippen molar-refractivity contribution in [3.05, 3.63) is 76.1 Å². The standard InChI is InChI=1S/C35H40N6O5S.CH2O2/c1-23-32(47-24(2)37-23)35(43)40-14-5-6-15-41(34(42)28-22-26-27(38-28)9-7-10-29(26)44-3)19-18-39-17-13-36-33(39)25-11-12-30(45-4)31(21-25)46-20-8-16-40;2-1-3/h7,9-13,17,21-22,38H,5-6,8,14-16,18-20H2,1-4H3;1H,(H,2,3). The lowest BCUT2D eigenvalue weighted by molar-refractivity contribution is -0.122. The number of aromatic nitrogens is 4. The number of aryl methyl sites for hydroxylation is 2. The molecule has 4 heterocycles. The van der Waals surface area contributed by atoms with E-state index in [1.165, 1.54) is 11.3 Å². The summed E-state index contributed by atoms with van der Waals surface area (Å²) in [4.78, 5) is 53.0. The minimum atomic E-state index is -0.250. The topological polar surface area (TPSA) is 152 Å². The van der Waals surface area contributed by atoms with Crippen LogP contribution in [-0.4, -0.2) is 99.7 Å². The zero-order valence-electron chi connectivity index (χ0n) is 28.7. The molecule has 0 atom stereocenters. The number of methoxy groups -OCH3 is 2. The monoisotopic (exact) mass is 702 g/mol. The van der Waals surface area contributed by atoms with Crippen LogP contribution in [0, 0.1) is 13.8 Å². The molecule has 13 nitrogen and oxygen atoms in total. The highest BCUT2D eigenvalue weighted by molar-refractivity contribution is 7.13. The summed E-state index contributed by atoms with van der Waals surface area (Å²) >= 11 is 1.43. The van der Waals surface area contributed by atoms with Crippen LogP contribution < -0.4 is 14.2 Å². The summed E-state index contributed by atoms with van der Waals surface area (Å²) < 4.78 is 19.4.